The molecule has 0 aliphatic carbocycles. The van der Waals surface area contributed by atoms with Gasteiger partial charge < -0.3 is 10.1 Å². The average molecular weight is 293 g/mol. The van der Waals surface area contributed by atoms with Gasteiger partial charge in [-0.05, 0) is 36.9 Å². The first-order valence-electron chi connectivity index (χ1n) is 6.37. The average Bonchev–Trinajstić information content (AvgIpc) is 2.91. The van der Waals surface area contributed by atoms with Crippen LogP contribution in [-0.4, -0.2) is 18.6 Å². The zero-order valence-electron chi connectivity index (χ0n) is 11.1. The topological polar surface area (TPSA) is 38.3 Å². The van der Waals surface area contributed by atoms with Crippen molar-refractivity contribution in [3.63, 3.8) is 0 Å². The molecule has 2 aromatic rings. The van der Waals surface area contributed by atoms with E-state index in [0.29, 0.717) is 12.3 Å². The highest BCUT2D eigenvalue weighted by Crippen LogP contribution is 2.14. The van der Waals surface area contributed by atoms with Gasteiger partial charge in [-0.1, -0.05) is 12.1 Å². The summed E-state index contributed by atoms with van der Waals surface area (Å²) in [5, 5.41) is 4.81. The summed E-state index contributed by atoms with van der Waals surface area (Å²) in [6, 6.07) is 9.78. The molecule has 1 atom stereocenters. The molecule has 106 valence electrons. The Hall–Kier alpha value is -1.88. The molecule has 0 aliphatic heterocycles. The fourth-order valence-corrected chi connectivity index (χ4v) is 2.41. The van der Waals surface area contributed by atoms with Gasteiger partial charge in [-0.2, -0.15) is 0 Å². The molecule has 1 heterocycles. The molecular formula is C15H16FNO2S. The van der Waals surface area contributed by atoms with Crippen molar-refractivity contribution in [3.8, 4) is 5.75 Å². The van der Waals surface area contributed by atoms with E-state index in [9.17, 15) is 9.18 Å². The van der Waals surface area contributed by atoms with E-state index in [4.69, 9.17) is 4.74 Å². The molecule has 0 saturated carbocycles. The Labute approximate surface area is 121 Å². The van der Waals surface area contributed by atoms with Crippen molar-refractivity contribution < 1.29 is 13.9 Å². The highest BCUT2D eigenvalue weighted by molar-refractivity contribution is 7.09. The van der Waals surface area contributed by atoms with Crippen molar-refractivity contribution in [2.24, 2.45) is 0 Å². The van der Waals surface area contributed by atoms with E-state index in [1.807, 2.05) is 17.5 Å². The highest BCUT2D eigenvalue weighted by Gasteiger charge is 2.14. The number of rotatable bonds is 6. The van der Waals surface area contributed by atoms with Gasteiger partial charge in [0.1, 0.15) is 11.6 Å². The second kappa shape index (κ2) is 7.05. The quantitative estimate of drug-likeness (QED) is 0.889. The highest BCUT2D eigenvalue weighted by atomic mass is 32.1. The van der Waals surface area contributed by atoms with E-state index >= 15 is 0 Å². The summed E-state index contributed by atoms with van der Waals surface area (Å²) in [6.07, 6.45) is 0.149. The number of halogens is 1. The second-order valence-corrected chi connectivity index (χ2v) is 5.37. The maximum absolute atomic E-state index is 13.0. The van der Waals surface area contributed by atoms with E-state index in [-0.39, 0.29) is 11.7 Å². The van der Waals surface area contributed by atoms with Gasteiger partial charge in [0.25, 0.3) is 5.91 Å². The Kier molecular flexibility index (Phi) is 5.12. The Balaban J connectivity index is 1.77. The minimum absolute atomic E-state index is 0.203. The van der Waals surface area contributed by atoms with Gasteiger partial charge in [0.15, 0.2) is 6.10 Å². The molecule has 0 unspecified atom stereocenters. The predicted molar refractivity (Wildman–Crippen MR) is 77.5 cm³/mol. The summed E-state index contributed by atoms with van der Waals surface area (Å²) < 4.78 is 18.4. The van der Waals surface area contributed by atoms with E-state index < -0.39 is 6.10 Å². The smallest absolute Gasteiger partial charge is 0.260 e. The van der Waals surface area contributed by atoms with Crippen LogP contribution in [0, 0.1) is 5.82 Å². The number of ether oxygens (including phenoxy) is 1. The molecule has 1 aromatic heterocycles. The Morgan fingerprint density at radius 3 is 2.95 bits per heavy atom. The summed E-state index contributed by atoms with van der Waals surface area (Å²) in [6.45, 7) is 2.21. The zero-order chi connectivity index (χ0) is 14.4. The molecule has 5 heteroatoms. The van der Waals surface area contributed by atoms with E-state index in [0.717, 1.165) is 6.42 Å². The van der Waals surface area contributed by atoms with Crippen LogP contribution in [-0.2, 0) is 11.2 Å². The number of amides is 1. The molecular weight excluding hydrogens is 277 g/mol. The van der Waals surface area contributed by atoms with Gasteiger partial charge in [0.2, 0.25) is 0 Å². The Morgan fingerprint density at radius 2 is 2.25 bits per heavy atom. The van der Waals surface area contributed by atoms with Crippen molar-refractivity contribution >= 4 is 17.2 Å². The summed E-state index contributed by atoms with van der Waals surface area (Å²) in [5.74, 6) is -0.232. The van der Waals surface area contributed by atoms with Gasteiger partial charge in [-0.3, -0.25) is 4.79 Å². The van der Waals surface area contributed by atoms with Crippen LogP contribution in [0.25, 0.3) is 0 Å². The van der Waals surface area contributed by atoms with Crippen LogP contribution in [0.5, 0.6) is 5.75 Å². The maximum atomic E-state index is 13.0. The molecule has 1 aromatic carbocycles. The largest absolute Gasteiger partial charge is 0.481 e. The fraction of sp³-hybridized carbons (Fsp3) is 0.267. The van der Waals surface area contributed by atoms with Crippen LogP contribution in [0.15, 0.2) is 41.8 Å². The van der Waals surface area contributed by atoms with Crippen LogP contribution in [0.3, 0.4) is 0 Å². The van der Waals surface area contributed by atoms with E-state index in [1.165, 1.54) is 17.0 Å². The van der Waals surface area contributed by atoms with Crippen molar-refractivity contribution in [3.05, 3.63) is 52.5 Å². The third kappa shape index (κ3) is 4.35. The Bertz CT molecular complexity index is 557. The molecule has 0 saturated heterocycles. The Morgan fingerprint density at radius 1 is 1.40 bits per heavy atom. The molecule has 0 aliphatic rings. The molecule has 1 amide bonds. The fourth-order valence-electron chi connectivity index (χ4n) is 1.71. The molecule has 20 heavy (non-hydrogen) atoms. The van der Waals surface area contributed by atoms with Crippen LogP contribution in [0.4, 0.5) is 4.39 Å². The van der Waals surface area contributed by atoms with E-state index in [1.54, 1.807) is 30.4 Å². The van der Waals surface area contributed by atoms with Crippen molar-refractivity contribution in [1.29, 1.82) is 0 Å². The summed E-state index contributed by atoms with van der Waals surface area (Å²) >= 11 is 1.66. The van der Waals surface area contributed by atoms with Gasteiger partial charge in [0.05, 0.1) is 0 Å². The van der Waals surface area contributed by atoms with Gasteiger partial charge in [-0.15, -0.1) is 11.3 Å². The molecule has 2 rings (SSSR count). The number of hydrogen-bond acceptors (Lipinski definition) is 3. The first-order valence-corrected chi connectivity index (χ1v) is 7.25. The standard InChI is InChI=1S/C15H16FNO2S/c1-11(19-13-5-2-4-12(16)10-13)15(18)17-8-7-14-6-3-9-20-14/h2-6,9-11H,7-8H2,1H3,(H,17,18)/t11-/m1/s1. The lowest BCUT2D eigenvalue weighted by atomic mass is 10.3. The lowest BCUT2D eigenvalue weighted by Crippen LogP contribution is -2.37. The molecule has 0 bridgehead atoms. The number of carbonyl (C=O) groups is 1. The molecule has 0 spiro atoms. The lowest BCUT2D eigenvalue weighted by molar-refractivity contribution is -0.127. The minimum Gasteiger partial charge on any atom is -0.481 e. The maximum Gasteiger partial charge on any atom is 0.260 e. The second-order valence-electron chi connectivity index (χ2n) is 4.34. The van der Waals surface area contributed by atoms with Crippen LogP contribution < -0.4 is 10.1 Å². The van der Waals surface area contributed by atoms with Crippen molar-refractivity contribution in [2.75, 3.05) is 6.54 Å². The molecule has 0 fully saturated rings. The zero-order valence-corrected chi connectivity index (χ0v) is 12.0. The lowest BCUT2D eigenvalue weighted by Gasteiger charge is -2.14. The number of hydrogen-bond donors (Lipinski definition) is 1. The number of benzene rings is 1. The van der Waals surface area contributed by atoms with Gasteiger partial charge in [0, 0.05) is 17.5 Å². The number of carbonyl (C=O) groups excluding carboxylic acids is 1. The first-order chi connectivity index (χ1) is 9.65. The molecule has 1 N–H and O–H groups in total. The van der Waals surface area contributed by atoms with Crippen LogP contribution in [0.1, 0.15) is 11.8 Å². The summed E-state index contributed by atoms with van der Waals surface area (Å²) in [7, 11) is 0. The third-order valence-corrected chi connectivity index (χ3v) is 3.67. The third-order valence-electron chi connectivity index (χ3n) is 2.73. The minimum atomic E-state index is -0.653. The van der Waals surface area contributed by atoms with Gasteiger partial charge >= 0.3 is 0 Å². The SMILES string of the molecule is C[C@@H](Oc1cccc(F)c1)C(=O)NCCc1cccs1. The van der Waals surface area contributed by atoms with Crippen LogP contribution >= 0.6 is 11.3 Å². The van der Waals surface area contributed by atoms with E-state index in [2.05, 4.69) is 5.32 Å². The predicted octanol–water partition coefficient (Wildman–Crippen LogP) is 3.01. The number of thiophene rings is 1. The normalized spacial score (nSPS) is 11.9. The van der Waals surface area contributed by atoms with Crippen molar-refractivity contribution in [2.45, 2.75) is 19.4 Å². The van der Waals surface area contributed by atoms with Crippen molar-refractivity contribution in [1.82, 2.24) is 5.32 Å². The van der Waals surface area contributed by atoms with Gasteiger partial charge in [-0.25, -0.2) is 4.39 Å². The summed E-state index contributed by atoms with van der Waals surface area (Å²) in [5.41, 5.74) is 0. The first kappa shape index (κ1) is 14.5. The molecule has 3 nitrogen and oxygen atoms in total. The number of nitrogens with one attached hydrogen (secondary N) is 1. The van der Waals surface area contributed by atoms with Crippen LogP contribution in [0.2, 0.25) is 0 Å². The summed E-state index contributed by atoms with van der Waals surface area (Å²) in [4.78, 5) is 13.1. The monoisotopic (exact) mass is 293 g/mol. The molecule has 0 radical (unpaired) electrons.